The SMILES string of the molecule is CCN(CC)CCOc1ccc(C[C@@H](NC(=O)c2ccccc2)C(N)=O)cc1. The van der Waals surface area contributed by atoms with Crippen LogP contribution in [-0.4, -0.2) is 49.0 Å². The second kappa shape index (κ2) is 11.1. The Hall–Kier alpha value is -2.86. The number of rotatable bonds is 11. The van der Waals surface area contributed by atoms with Crippen LogP contribution >= 0.6 is 0 Å². The molecule has 0 aliphatic rings. The lowest BCUT2D eigenvalue weighted by Crippen LogP contribution is -2.45. The molecule has 0 heterocycles. The number of benzene rings is 2. The minimum Gasteiger partial charge on any atom is -0.492 e. The van der Waals surface area contributed by atoms with Crippen LogP contribution in [0.2, 0.25) is 0 Å². The van der Waals surface area contributed by atoms with E-state index in [9.17, 15) is 9.59 Å². The monoisotopic (exact) mass is 383 g/mol. The van der Waals surface area contributed by atoms with Crippen molar-refractivity contribution in [2.45, 2.75) is 26.3 Å². The van der Waals surface area contributed by atoms with Gasteiger partial charge in [0, 0.05) is 18.5 Å². The zero-order valence-electron chi connectivity index (χ0n) is 16.6. The summed E-state index contributed by atoms with van der Waals surface area (Å²) >= 11 is 0. The molecule has 0 aliphatic carbocycles. The Kier molecular flexibility index (Phi) is 8.49. The maximum absolute atomic E-state index is 12.3. The summed E-state index contributed by atoms with van der Waals surface area (Å²) in [5.74, 6) is -0.107. The molecular formula is C22H29N3O3. The van der Waals surface area contributed by atoms with Crippen LogP contribution < -0.4 is 15.8 Å². The van der Waals surface area contributed by atoms with Crippen molar-refractivity contribution in [3.63, 3.8) is 0 Å². The highest BCUT2D eigenvalue weighted by atomic mass is 16.5. The lowest BCUT2D eigenvalue weighted by atomic mass is 10.0. The Morgan fingerprint density at radius 3 is 2.25 bits per heavy atom. The fraction of sp³-hybridized carbons (Fsp3) is 0.364. The largest absolute Gasteiger partial charge is 0.492 e. The van der Waals surface area contributed by atoms with Crippen molar-refractivity contribution in [2.24, 2.45) is 5.73 Å². The third kappa shape index (κ3) is 6.70. The summed E-state index contributed by atoms with van der Waals surface area (Å²) in [6, 6.07) is 15.5. The zero-order chi connectivity index (χ0) is 20.4. The lowest BCUT2D eigenvalue weighted by Gasteiger charge is -2.18. The number of hydrogen-bond donors (Lipinski definition) is 2. The molecule has 0 saturated heterocycles. The topological polar surface area (TPSA) is 84.7 Å². The molecule has 28 heavy (non-hydrogen) atoms. The fourth-order valence-corrected chi connectivity index (χ4v) is 2.84. The number of ether oxygens (including phenoxy) is 1. The molecule has 3 N–H and O–H groups in total. The third-order valence-corrected chi connectivity index (χ3v) is 4.62. The highest BCUT2D eigenvalue weighted by Gasteiger charge is 2.19. The average Bonchev–Trinajstić information content (AvgIpc) is 2.72. The van der Waals surface area contributed by atoms with Crippen molar-refractivity contribution in [1.82, 2.24) is 10.2 Å². The van der Waals surface area contributed by atoms with Gasteiger partial charge in [0.2, 0.25) is 5.91 Å². The summed E-state index contributed by atoms with van der Waals surface area (Å²) in [5.41, 5.74) is 6.87. The van der Waals surface area contributed by atoms with Crippen molar-refractivity contribution in [2.75, 3.05) is 26.2 Å². The number of hydrogen-bond acceptors (Lipinski definition) is 4. The summed E-state index contributed by atoms with van der Waals surface area (Å²) < 4.78 is 5.77. The van der Waals surface area contributed by atoms with Gasteiger partial charge in [-0.2, -0.15) is 0 Å². The van der Waals surface area contributed by atoms with E-state index in [0.29, 0.717) is 18.6 Å². The van der Waals surface area contributed by atoms with Gasteiger partial charge in [-0.3, -0.25) is 9.59 Å². The van der Waals surface area contributed by atoms with Gasteiger partial charge in [0.15, 0.2) is 0 Å². The van der Waals surface area contributed by atoms with Crippen molar-refractivity contribution in [3.05, 3.63) is 65.7 Å². The van der Waals surface area contributed by atoms with Crippen molar-refractivity contribution < 1.29 is 14.3 Å². The van der Waals surface area contributed by atoms with Gasteiger partial charge in [-0.25, -0.2) is 0 Å². The molecule has 2 rings (SSSR count). The van der Waals surface area contributed by atoms with E-state index in [0.717, 1.165) is 30.9 Å². The molecular weight excluding hydrogens is 354 g/mol. The van der Waals surface area contributed by atoms with Crippen LogP contribution in [0.15, 0.2) is 54.6 Å². The van der Waals surface area contributed by atoms with Crippen LogP contribution in [0.3, 0.4) is 0 Å². The quantitative estimate of drug-likeness (QED) is 0.623. The minimum atomic E-state index is -0.776. The summed E-state index contributed by atoms with van der Waals surface area (Å²) in [5, 5.41) is 2.71. The molecule has 0 fully saturated rings. The number of nitrogens with zero attached hydrogens (tertiary/aromatic N) is 1. The Bertz CT molecular complexity index is 743. The van der Waals surface area contributed by atoms with Gasteiger partial charge in [0.25, 0.3) is 5.91 Å². The fourth-order valence-electron chi connectivity index (χ4n) is 2.84. The van der Waals surface area contributed by atoms with Gasteiger partial charge in [-0.1, -0.05) is 44.2 Å². The molecule has 0 aliphatic heterocycles. The smallest absolute Gasteiger partial charge is 0.251 e. The van der Waals surface area contributed by atoms with Crippen LogP contribution in [0.5, 0.6) is 5.75 Å². The van der Waals surface area contributed by atoms with Crippen molar-refractivity contribution >= 4 is 11.8 Å². The predicted octanol–water partition coefficient (Wildman–Crippen LogP) is 2.23. The Morgan fingerprint density at radius 1 is 1.04 bits per heavy atom. The van der Waals surface area contributed by atoms with Gasteiger partial charge in [0.1, 0.15) is 18.4 Å². The van der Waals surface area contributed by atoms with E-state index >= 15 is 0 Å². The number of nitrogens with two attached hydrogens (primary N) is 1. The molecule has 0 saturated carbocycles. The maximum Gasteiger partial charge on any atom is 0.251 e. The summed E-state index contributed by atoms with van der Waals surface area (Å²) in [7, 11) is 0. The first kappa shape index (κ1) is 21.4. The first-order chi connectivity index (χ1) is 13.5. The Labute approximate surface area is 166 Å². The molecule has 0 radical (unpaired) electrons. The summed E-state index contributed by atoms with van der Waals surface area (Å²) in [4.78, 5) is 26.4. The van der Waals surface area contributed by atoms with Gasteiger partial charge in [-0.15, -0.1) is 0 Å². The van der Waals surface area contributed by atoms with Gasteiger partial charge >= 0.3 is 0 Å². The van der Waals surface area contributed by atoms with Crippen LogP contribution in [-0.2, 0) is 11.2 Å². The molecule has 6 heteroatoms. The molecule has 6 nitrogen and oxygen atoms in total. The molecule has 0 unspecified atom stereocenters. The molecule has 1 atom stereocenters. The van der Waals surface area contributed by atoms with E-state index in [1.807, 2.05) is 30.3 Å². The Morgan fingerprint density at radius 2 is 1.68 bits per heavy atom. The summed E-state index contributed by atoms with van der Waals surface area (Å²) in [6.07, 6.45) is 0.327. The standard InChI is InChI=1S/C22H29N3O3/c1-3-25(4-2)14-15-28-19-12-10-17(11-13-19)16-20(21(23)26)24-22(27)18-8-6-5-7-9-18/h5-13,20H,3-4,14-16H2,1-2H3,(H2,23,26)(H,24,27)/t20-/m1/s1. The Balaban J connectivity index is 1.90. The van der Waals surface area contributed by atoms with E-state index in [1.54, 1.807) is 24.3 Å². The molecule has 2 aromatic rings. The van der Waals surface area contributed by atoms with Crippen LogP contribution in [0, 0.1) is 0 Å². The van der Waals surface area contributed by atoms with E-state index < -0.39 is 11.9 Å². The first-order valence-corrected chi connectivity index (χ1v) is 9.62. The lowest BCUT2D eigenvalue weighted by molar-refractivity contribution is -0.119. The second-order valence-corrected chi connectivity index (χ2v) is 6.52. The third-order valence-electron chi connectivity index (χ3n) is 4.62. The van der Waals surface area contributed by atoms with Gasteiger partial charge in [-0.05, 0) is 42.9 Å². The van der Waals surface area contributed by atoms with E-state index in [2.05, 4.69) is 24.1 Å². The highest BCUT2D eigenvalue weighted by molar-refractivity contribution is 5.97. The number of primary amides is 1. The van der Waals surface area contributed by atoms with E-state index in [1.165, 1.54) is 0 Å². The molecule has 0 spiro atoms. The number of likely N-dealkylation sites (N-methyl/N-ethyl adjacent to an activating group) is 1. The summed E-state index contributed by atoms with van der Waals surface area (Å²) in [6.45, 7) is 7.76. The average molecular weight is 383 g/mol. The van der Waals surface area contributed by atoms with Crippen LogP contribution in [0.4, 0.5) is 0 Å². The first-order valence-electron chi connectivity index (χ1n) is 9.62. The number of amides is 2. The van der Waals surface area contributed by atoms with Crippen LogP contribution in [0.25, 0.3) is 0 Å². The number of carbonyl (C=O) groups excluding carboxylic acids is 2. The predicted molar refractivity (Wildman–Crippen MR) is 110 cm³/mol. The normalized spacial score (nSPS) is 11.8. The molecule has 2 aromatic carbocycles. The van der Waals surface area contributed by atoms with Crippen LogP contribution in [0.1, 0.15) is 29.8 Å². The van der Waals surface area contributed by atoms with Gasteiger partial charge < -0.3 is 20.7 Å². The zero-order valence-corrected chi connectivity index (χ0v) is 16.6. The van der Waals surface area contributed by atoms with Crippen molar-refractivity contribution in [1.29, 1.82) is 0 Å². The minimum absolute atomic E-state index is 0.319. The van der Waals surface area contributed by atoms with Crippen molar-refractivity contribution in [3.8, 4) is 5.75 Å². The number of carbonyl (C=O) groups is 2. The van der Waals surface area contributed by atoms with E-state index in [4.69, 9.17) is 10.5 Å². The molecule has 2 amide bonds. The molecule has 0 aromatic heterocycles. The highest BCUT2D eigenvalue weighted by Crippen LogP contribution is 2.14. The van der Waals surface area contributed by atoms with E-state index in [-0.39, 0.29) is 5.91 Å². The molecule has 0 bridgehead atoms. The number of nitrogens with one attached hydrogen (secondary N) is 1. The van der Waals surface area contributed by atoms with Gasteiger partial charge in [0.05, 0.1) is 0 Å². The second-order valence-electron chi connectivity index (χ2n) is 6.52. The molecule has 150 valence electrons. The maximum atomic E-state index is 12.3.